The summed E-state index contributed by atoms with van der Waals surface area (Å²) in [5.74, 6) is 0. The molecule has 0 aliphatic carbocycles. The maximum absolute atomic E-state index is 6.10. The number of rotatable bonds is 5. The lowest BCUT2D eigenvalue weighted by molar-refractivity contribution is 1.53. The lowest BCUT2D eigenvalue weighted by Gasteiger charge is -2.24. The number of hydrogen-bond acceptors (Lipinski definition) is 1. The van der Waals surface area contributed by atoms with Crippen LogP contribution in [0.2, 0.25) is 0 Å². The summed E-state index contributed by atoms with van der Waals surface area (Å²) in [7, 11) is 0. The van der Waals surface area contributed by atoms with Gasteiger partial charge in [0.15, 0.2) is 0 Å². The maximum Gasteiger partial charge on any atom is 0.0314 e. The molecule has 0 radical (unpaired) electrons. The molecule has 6 aromatic rings. The Morgan fingerprint density at radius 1 is 0.297 bits per heavy atom. The highest BCUT2D eigenvalue weighted by Crippen LogP contribution is 2.50. The normalized spacial score (nSPS) is 10.8. The Bertz CT molecular complexity index is 1620. The first kappa shape index (κ1) is 22.6. The molecule has 1 nitrogen and oxygen atoms in total. The largest absolute Gasteiger partial charge is 0.399 e. The van der Waals surface area contributed by atoms with E-state index in [0.29, 0.717) is 0 Å². The lowest BCUT2D eigenvalue weighted by Crippen LogP contribution is -1.98. The van der Waals surface area contributed by atoms with E-state index in [2.05, 4.69) is 140 Å². The van der Waals surface area contributed by atoms with Crippen molar-refractivity contribution in [2.75, 3.05) is 5.73 Å². The average molecular weight is 474 g/mol. The molecule has 0 bridgehead atoms. The summed E-state index contributed by atoms with van der Waals surface area (Å²) >= 11 is 0. The van der Waals surface area contributed by atoms with Crippen LogP contribution in [0.15, 0.2) is 152 Å². The molecule has 1 heteroatoms. The smallest absolute Gasteiger partial charge is 0.0314 e. The van der Waals surface area contributed by atoms with E-state index in [4.69, 9.17) is 5.73 Å². The van der Waals surface area contributed by atoms with Crippen molar-refractivity contribution in [1.82, 2.24) is 0 Å². The van der Waals surface area contributed by atoms with Crippen molar-refractivity contribution in [3.63, 3.8) is 0 Å². The van der Waals surface area contributed by atoms with Gasteiger partial charge in [0.05, 0.1) is 0 Å². The van der Waals surface area contributed by atoms with Crippen molar-refractivity contribution in [3.05, 3.63) is 152 Å². The minimum Gasteiger partial charge on any atom is -0.399 e. The van der Waals surface area contributed by atoms with Crippen molar-refractivity contribution in [3.8, 4) is 55.6 Å². The van der Waals surface area contributed by atoms with Crippen LogP contribution in [0.1, 0.15) is 0 Å². The fourth-order valence-electron chi connectivity index (χ4n) is 5.12. The summed E-state index contributed by atoms with van der Waals surface area (Å²) in [6.45, 7) is 0. The van der Waals surface area contributed by atoms with E-state index in [1.807, 2.05) is 12.1 Å². The highest BCUT2D eigenvalue weighted by atomic mass is 14.5. The van der Waals surface area contributed by atoms with Crippen LogP contribution in [0.3, 0.4) is 0 Å². The van der Waals surface area contributed by atoms with Crippen molar-refractivity contribution in [1.29, 1.82) is 0 Å². The van der Waals surface area contributed by atoms with Crippen LogP contribution >= 0.6 is 0 Å². The SMILES string of the molecule is Nc1ccc(-c2cc(-c3ccccc3)c(-c3ccccc3)c(-c3ccccc3)c2-c2ccccc2)cc1. The standard InChI is InChI=1S/C36H27N/c37-31-23-21-27(22-24-31)33-25-32(26-13-5-1-6-14-26)34(28-15-7-2-8-16-28)36(30-19-11-4-12-20-30)35(33)29-17-9-3-10-18-29/h1-25H,37H2. The third kappa shape index (κ3) is 4.44. The molecule has 0 spiro atoms. The van der Waals surface area contributed by atoms with Crippen LogP contribution in [0, 0.1) is 0 Å². The molecule has 0 aromatic heterocycles. The molecule has 0 aliphatic rings. The van der Waals surface area contributed by atoms with Crippen LogP contribution in [0.25, 0.3) is 55.6 Å². The van der Waals surface area contributed by atoms with Gasteiger partial charge in [-0.1, -0.05) is 133 Å². The molecule has 176 valence electrons. The van der Waals surface area contributed by atoms with Gasteiger partial charge in [-0.25, -0.2) is 0 Å². The van der Waals surface area contributed by atoms with Crippen LogP contribution in [-0.4, -0.2) is 0 Å². The summed E-state index contributed by atoms with van der Waals surface area (Å²) in [5, 5.41) is 0. The molecule has 0 fully saturated rings. The molecule has 0 atom stereocenters. The third-order valence-electron chi connectivity index (χ3n) is 6.82. The van der Waals surface area contributed by atoms with Gasteiger partial charge in [0.1, 0.15) is 0 Å². The predicted octanol–water partition coefficient (Wildman–Crippen LogP) is 9.60. The molecule has 0 saturated heterocycles. The first-order chi connectivity index (χ1) is 18.3. The highest BCUT2D eigenvalue weighted by molar-refractivity contribution is 6.07. The molecule has 6 aromatic carbocycles. The Hall–Kier alpha value is -4.88. The molecular formula is C36H27N. The third-order valence-corrected chi connectivity index (χ3v) is 6.82. The average Bonchev–Trinajstić information content (AvgIpc) is 2.98. The number of anilines is 1. The van der Waals surface area contributed by atoms with Gasteiger partial charge in [-0.15, -0.1) is 0 Å². The fourth-order valence-corrected chi connectivity index (χ4v) is 5.12. The zero-order valence-corrected chi connectivity index (χ0v) is 20.5. The van der Waals surface area contributed by atoms with E-state index in [1.165, 1.54) is 50.1 Å². The molecule has 6 rings (SSSR count). The molecule has 37 heavy (non-hydrogen) atoms. The highest BCUT2D eigenvalue weighted by Gasteiger charge is 2.23. The van der Waals surface area contributed by atoms with Crippen molar-refractivity contribution < 1.29 is 0 Å². The topological polar surface area (TPSA) is 26.0 Å². The molecule has 0 heterocycles. The summed E-state index contributed by atoms with van der Waals surface area (Å²) in [5.41, 5.74) is 18.8. The van der Waals surface area contributed by atoms with E-state index in [0.717, 1.165) is 11.3 Å². The van der Waals surface area contributed by atoms with E-state index < -0.39 is 0 Å². The molecule has 0 aliphatic heterocycles. The Labute approximate surface area is 218 Å². The van der Waals surface area contributed by atoms with Gasteiger partial charge < -0.3 is 5.73 Å². The molecule has 0 unspecified atom stereocenters. The lowest BCUT2D eigenvalue weighted by atomic mass is 9.79. The monoisotopic (exact) mass is 473 g/mol. The number of benzene rings is 6. The fraction of sp³-hybridized carbons (Fsp3) is 0. The quantitative estimate of drug-likeness (QED) is 0.248. The van der Waals surface area contributed by atoms with E-state index >= 15 is 0 Å². The Morgan fingerprint density at radius 3 is 1.03 bits per heavy atom. The summed E-state index contributed by atoms with van der Waals surface area (Å²) < 4.78 is 0. The van der Waals surface area contributed by atoms with Gasteiger partial charge in [-0.05, 0) is 73.8 Å². The Balaban J connectivity index is 1.83. The Morgan fingerprint density at radius 2 is 0.622 bits per heavy atom. The second-order valence-electron chi connectivity index (χ2n) is 9.18. The second kappa shape index (κ2) is 10.0. The van der Waals surface area contributed by atoms with Gasteiger partial charge in [0.2, 0.25) is 0 Å². The van der Waals surface area contributed by atoms with Gasteiger partial charge in [0.25, 0.3) is 0 Å². The first-order valence-corrected chi connectivity index (χ1v) is 12.6. The van der Waals surface area contributed by atoms with E-state index in [9.17, 15) is 0 Å². The number of nitrogen functional groups attached to an aromatic ring is 1. The van der Waals surface area contributed by atoms with Gasteiger partial charge in [-0.3, -0.25) is 0 Å². The molecule has 2 N–H and O–H groups in total. The number of nitrogens with two attached hydrogens (primary N) is 1. The Kier molecular flexibility index (Phi) is 6.10. The van der Waals surface area contributed by atoms with E-state index in [-0.39, 0.29) is 0 Å². The van der Waals surface area contributed by atoms with E-state index in [1.54, 1.807) is 0 Å². The van der Waals surface area contributed by atoms with Crippen LogP contribution in [0.4, 0.5) is 5.69 Å². The van der Waals surface area contributed by atoms with Gasteiger partial charge >= 0.3 is 0 Å². The van der Waals surface area contributed by atoms with Crippen LogP contribution < -0.4 is 5.73 Å². The second-order valence-corrected chi connectivity index (χ2v) is 9.18. The summed E-state index contributed by atoms with van der Waals surface area (Å²) in [4.78, 5) is 0. The minimum absolute atomic E-state index is 0.762. The van der Waals surface area contributed by atoms with Gasteiger partial charge in [-0.2, -0.15) is 0 Å². The minimum atomic E-state index is 0.762. The van der Waals surface area contributed by atoms with Crippen molar-refractivity contribution >= 4 is 5.69 Å². The maximum atomic E-state index is 6.10. The molecule has 0 saturated carbocycles. The zero-order chi connectivity index (χ0) is 25.0. The first-order valence-electron chi connectivity index (χ1n) is 12.6. The van der Waals surface area contributed by atoms with Crippen molar-refractivity contribution in [2.24, 2.45) is 0 Å². The van der Waals surface area contributed by atoms with Gasteiger partial charge in [0, 0.05) is 5.69 Å². The van der Waals surface area contributed by atoms with Crippen LogP contribution in [0.5, 0.6) is 0 Å². The molecule has 0 amide bonds. The molecular weight excluding hydrogens is 446 g/mol. The van der Waals surface area contributed by atoms with Crippen molar-refractivity contribution in [2.45, 2.75) is 0 Å². The summed E-state index contributed by atoms with van der Waals surface area (Å²) in [6, 6.07) is 53.5. The zero-order valence-electron chi connectivity index (χ0n) is 20.5. The van der Waals surface area contributed by atoms with Crippen LogP contribution in [-0.2, 0) is 0 Å². The predicted molar refractivity (Wildman–Crippen MR) is 158 cm³/mol. The summed E-state index contributed by atoms with van der Waals surface area (Å²) in [6.07, 6.45) is 0. The number of hydrogen-bond donors (Lipinski definition) is 1.